The van der Waals surface area contributed by atoms with E-state index in [2.05, 4.69) is 36.7 Å². The third kappa shape index (κ3) is 2.70. The summed E-state index contributed by atoms with van der Waals surface area (Å²) in [6.07, 6.45) is 6.22. The number of rotatable bonds is 6. The summed E-state index contributed by atoms with van der Waals surface area (Å²) >= 11 is 3.69. The molecule has 4 rings (SSSR count). The fourth-order valence-corrected chi connectivity index (χ4v) is 5.89. The van der Waals surface area contributed by atoms with Crippen LogP contribution in [0.4, 0.5) is 0 Å². The number of ether oxygens (including phenoxy) is 2. The molecule has 3 heterocycles. The lowest BCUT2D eigenvalue weighted by molar-refractivity contribution is -0.149. The van der Waals surface area contributed by atoms with E-state index in [0.717, 1.165) is 6.42 Å². The van der Waals surface area contributed by atoms with Crippen molar-refractivity contribution in [1.29, 1.82) is 0 Å². The molecule has 0 bridgehead atoms. The molecule has 24 heavy (non-hydrogen) atoms. The van der Waals surface area contributed by atoms with Crippen LogP contribution in [-0.2, 0) is 21.7 Å². The Morgan fingerprint density at radius 1 is 0.958 bits per heavy atom. The van der Waals surface area contributed by atoms with Gasteiger partial charge in [0.05, 0.1) is 22.6 Å². The topological polar surface area (TPSA) is 18.5 Å². The molecule has 1 aliphatic heterocycles. The molecule has 1 saturated heterocycles. The molecule has 0 saturated carbocycles. The Morgan fingerprint density at radius 2 is 1.62 bits per heavy atom. The van der Waals surface area contributed by atoms with Crippen molar-refractivity contribution in [2.45, 2.75) is 51.7 Å². The molecule has 1 fully saturated rings. The largest absolute Gasteiger partial charge is 0.344 e. The predicted octanol–water partition coefficient (Wildman–Crippen LogP) is 6.46. The van der Waals surface area contributed by atoms with Crippen molar-refractivity contribution < 1.29 is 9.47 Å². The van der Waals surface area contributed by atoms with E-state index >= 15 is 0 Å². The Morgan fingerprint density at radius 3 is 2.33 bits per heavy atom. The zero-order chi connectivity index (χ0) is 16.6. The summed E-state index contributed by atoms with van der Waals surface area (Å²) in [6.45, 7) is 5.72. The summed E-state index contributed by atoms with van der Waals surface area (Å²) in [4.78, 5) is 0. The van der Waals surface area contributed by atoms with Crippen LogP contribution in [0.25, 0.3) is 20.2 Å². The maximum atomic E-state index is 6.08. The fourth-order valence-electron chi connectivity index (χ4n) is 3.87. The van der Waals surface area contributed by atoms with Crippen LogP contribution in [0.5, 0.6) is 0 Å². The maximum Gasteiger partial charge on any atom is 0.193 e. The zero-order valence-corrected chi connectivity index (χ0v) is 16.0. The Balaban J connectivity index is 1.89. The number of hydrogen-bond acceptors (Lipinski definition) is 4. The van der Waals surface area contributed by atoms with E-state index in [1.807, 2.05) is 22.7 Å². The molecule has 0 radical (unpaired) electrons. The number of unbranched alkanes of at least 4 members (excludes halogenated alkanes) is 3. The highest BCUT2D eigenvalue weighted by Crippen LogP contribution is 2.46. The summed E-state index contributed by atoms with van der Waals surface area (Å²) in [7, 11) is 0. The summed E-state index contributed by atoms with van der Waals surface area (Å²) < 4.78 is 15.0. The monoisotopic (exact) mass is 360 g/mol. The van der Waals surface area contributed by atoms with Crippen molar-refractivity contribution in [3.8, 4) is 0 Å². The summed E-state index contributed by atoms with van der Waals surface area (Å²) in [5.74, 6) is -0.602. The second-order valence-corrected chi connectivity index (χ2v) is 8.47. The van der Waals surface area contributed by atoms with Gasteiger partial charge in [-0.1, -0.05) is 26.2 Å². The van der Waals surface area contributed by atoms with Crippen LogP contribution in [0, 0.1) is 0 Å². The average molecular weight is 361 g/mol. The molecular formula is C20H24O2S2. The van der Waals surface area contributed by atoms with Gasteiger partial charge < -0.3 is 9.47 Å². The summed E-state index contributed by atoms with van der Waals surface area (Å²) in [6, 6.07) is 4.54. The second kappa shape index (κ2) is 6.75. The van der Waals surface area contributed by atoms with Crippen molar-refractivity contribution in [2.75, 3.05) is 13.2 Å². The first-order valence-electron chi connectivity index (χ1n) is 8.92. The third-order valence-electron chi connectivity index (χ3n) is 5.01. The van der Waals surface area contributed by atoms with Crippen molar-refractivity contribution in [3.63, 3.8) is 0 Å². The first kappa shape index (κ1) is 16.5. The standard InChI is InChI=1S/C20H24O2S2/c1-3-4-5-6-7-14-15-8-12-23-18(15)19-16(9-13-24-19)17(14)20(2)21-10-11-22-20/h8-9,12-13H,3-7,10-11H2,1-2H3. The van der Waals surface area contributed by atoms with Gasteiger partial charge in [-0.3, -0.25) is 0 Å². The Bertz CT molecular complexity index is 840. The highest BCUT2D eigenvalue weighted by atomic mass is 32.1. The van der Waals surface area contributed by atoms with Gasteiger partial charge in [0.25, 0.3) is 0 Å². The van der Waals surface area contributed by atoms with Gasteiger partial charge in [-0.2, -0.15) is 0 Å². The average Bonchev–Trinajstić information content (AvgIpc) is 3.30. The SMILES string of the molecule is CCCCCCc1c(C2(C)OCCO2)c2ccsc2c2sccc12. The van der Waals surface area contributed by atoms with Gasteiger partial charge >= 0.3 is 0 Å². The Labute approximate surface area is 151 Å². The molecule has 1 aliphatic rings. The number of fused-ring (bicyclic) bond motifs is 3. The normalized spacial score (nSPS) is 17.2. The quantitative estimate of drug-likeness (QED) is 0.470. The van der Waals surface area contributed by atoms with Crippen LogP contribution in [0.1, 0.15) is 50.7 Å². The Kier molecular flexibility index (Phi) is 4.65. The van der Waals surface area contributed by atoms with Gasteiger partial charge in [-0.15, -0.1) is 22.7 Å². The lowest BCUT2D eigenvalue weighted by atomic mass is 9.90. The molecule has 0 N–H and O–H groups in total. The van der Waals surface area contributed by atoms with E-state index in [9.17, 15) is 0 Å². The molecule has 128 valence electrons. The molecule has 0 atom stereocenters. The van der Waals surface area contributed by atoms with Crippen LogP contribution < -0.4 is 0 Å². The minimum atomic E-state index is -0.602. The smallest absolute Gasteiger partial charge is 0.193 e. The van der Waals surface area contributed by atoms with Crippen molar-refractivity contribution in [3.05, 3.63) is 34.0 Å². The minimum absolute atomic E-state index is 0.602. The van der Waals surface area contributed by atoms with Crippen LogP contribution in [-0.4, -0.2) is 13.2 Å². The lowest BCUT2D eigenvalue weighted by Crippen LogP contribution is -2.24. The van der Waals surface area contributed by atoms with Crippen LogP contribution in [0.2, 0.25) is 0 Å². The molecule has 0 unspecified atom stereocenters. The number of aryl methyl sites for hydroxylation is 1. The van der Waals surface area contributed by atoms with Gasteiger partial charge in [0.15, 0.2) is 5.79 Å². The molecule has 4 heteroatoms. The molecule has 0 amide bonds. The molecule has 3 aromatic rings. The Hall–Kier alpha value is -0.940. The second-order valence-electron chi connectivity index (χ2n) is 6.63. The minimum Gasteiger partial charge on any atom is -0.344 e. The maximum absolute atomic E-state index is 6.08. The third-order valence-corrected chi connectivity index (χ3v) is 7.00. The van der Waals surface area contributed by atoms with Crippen LogP contribution >= 0.6 is 22.7 Å². The molecular weight excluding hydrogens is 336 g/mol. The van der Waals surface area contributed by atoms with E-state index in [1.54, 1.807) is 0 Å². The van der Waals surface area contributed by atoms with E-state index in [0.29, 0.717) is 13.2 Å². The van der Waals surface area contributed by atoms with E-state index in [1.165, 1.54) is 57.0 Å². The first-order valence-corrected chi connectivity index (χ1v) is 10.7. The number of hydrogen-bond donors (Lipinski definition) is 0. The van der Waals surface area contributed by atoms with E-state index in [-0.39, 0.29) is 0 Å². The van der Waals surface area contributed by atoms with Gasteiger partial charge in [0, 0.05) is 10.9 Å². The number of thiophene rings is 2. The van der Waals surface area contributed by atoms with Gasteiger partial charge in [-0.25, -0.2) is 0 Å². The van der Waals surface area contributed by atoms with Gasteiger partial charge in [-0.05, 0) is 53.6 Å². The lowest BCUT2D eigenvalue weighted by Gasteiger charge is -2.27. The highest BCUT2D eigenvalue weighted by molar-refractivity contribution is 7.25. The molecule has 1 aromatic carbocycles. The highest BCUT2D eigenvalue weighted by Gasteiger charge is 2.37. The first-order chi connectivity index (χ1) is 11.7. The molecule has 0 spiro atoms. The predicted molar refractivity (Wildman–Crippen MR) is 104 cm³/mol. The summed E-state index contributed by atoms with van der Waals surface area (Å²) in [5, 5.41) is 7.15. The number of benzene rings is 1. The zero-order valence-electron chi connectivity index (χ0n) is 14.4. The van der Waals surface area contributed by atoms with Crippen molar-refractivity contribution in [2.24, 2.45) is 0 Å². The molecule has 2 aromatic heterocycles. The van der Waals surface area contributed by atoms with Crippen molar-refractivity contribution in [1.82, 2.24) is 0 Å². The van der Waals surface area contributed by atoms with E-state index < -0.39 is 5.79 Å². The van der Waals surface area contributed by atoms with Gasteiger partial charge in [0.2, 0.25) is 0 Å². The fraction of sp³-hybridized carbons (Fsp3) is 0.500. The molecule has 0 aliphatic carbocycles. The van der Waals surface area contributed by atoms with Crippen molar-refractivity contribution >= 4 is 42.8 Å². The van der Waals surface area contributed by atoms with E-state index in [4.69, 9.17) is 9.47 Å². The van der Waals surface area contributed by atoms with Crippen LogP contribution in [0.3, 0.4) is 0 Å². The summed E-state index contributed by atoms with van der Waals surface area (Å²) in [5.41, 5.74) is 2.72. The molecule has 2 nitrogen and oxygen atoms in total. The van der Waals surface area contributed by atoms with Crippen LogP contribution in [0.15, 0.2) is 22.9 Å². The van der Waals surface area contributed by atoms with Gasteiger partial charge in [0.1, 0.15) is 0 Å².